The summed E-state index contributed by atoms with van der Waals surface area (Å²) in [7, 11) is 2.17. The summed E-state index contributed by atoms with van der Waals surface area (Å²) in [6, 6.07) is 7.15. The number of piperidine rings is 2. The molecule has 0 atom stereocenters. The molecule has 3 saturated heterocycles. The SMILES string of the molecule is C=CC(=O)N1CC2(CCN(c3nc(OC4CCN(C)CC4)nc4c(OC5CCC5)c(-c5c(C)ccc6[nH]ncc56)c(C5CC5)cc34)CC2)C1. The lowest BCUT2D eigenvalue weighted by atomic mass is 9.72. The third kappa shape index (κ3) is 5.52. The van der Waals surface area contributed by atoms with Gasteiger partial charge in [-0.2, -0.15) is 15.1 Å². The highest BCUT2D eigenvalue weighted by Crippen LogP contribution is 2.54. The first-order chi connectivity index (χ1) is 23.9. The van der Waals surface area contributed by atoms with Crippen molar-refractivity contribution in [2.45, 2.75) is 82.8 Å². The van der Waals surface area contributed by atoms with Gasteiger partial charge in [0.2, 0.25) is 5.91 Å². The minimum Gasteiger partial charge on any atom is -0.487 e. The highest BCUT2D eigenvalue weighted by atomic mass is 16.5. The van der Waals surface area contributed by atoms with Crippen molar-refractivity contribution in [3.8, 4) is 22.9 Å². The first-order valence-corrected chi connectivity index (χ1v) is 18.4. The van der Waals surface area contributed by atoms with E-state index in [1.165, 1.54) is 47.6 Å². The zero-order valence-electron chi connectivity index (χ0n) is 28.8. The average molecular weight is 662 g/mol. The summed E-state index contributed by atoms with van der Waals surface area (Å²) < 4.78 is 13.8. The number of aromatic nitrogens is 4. The molecule has 1 spiro atoms. The van der Waals surface area contributed by atoms with Gasteiger partial charge in [-0.15, -0.1) is 0 Å². The Morgan fingerprint density at radius 2 is 1.71 bits per heavy atom. The maximum atomic E-state index is 12.3. The van der Waals surface area contributed by atoms with Crippen LogP contribution in [0.3, 0.4) is 0 Å². The van der Waals surface area contributed by atoms with Crippen molar-refractivity contribution in [1.29, 1.82) is 0 Å². The van der Waals surface area contributed by atoms with Crippen LogP contribution in [0, 0.1) is 12.3 Å². The minimum atomic E-state index is 0.0364. The number of likely N-dealkylation sites (tertiary alicyclic amines) is 2. The van der Waals surface area contributed by atoms with Crippen LogP contribution in [0.25, 0.3) is 32.9 Å². The number of hydrogen-bond acceptors (Lipinski definition) is 8. The van der Waals surface area contributed by atoms with Crippen molar-refractivity contribution in [3.63, 3.8) is 0 Å². The molecule has 5 heterocycles. The van der Waals surface area contributed by atoms with E-state index < -0.39 is 0 Å². The van der Waals surface area contributed by atoms with Gasteiger partial charge in [-0.05, 0) is 113 Å². The fourth-order valence-corrected chi connectivity index (χ4v) is 8.53. The number of H-pyrrole nitrogens is 1. The second kappa shape index (κ2) is 12.0. The molecule has 2 aliphatic carbocycles. The molecule has 2 aromatic heterocycles. The summed E-state index contributed by atoms with van der Waals surface area (Å²) in [5.74, 6) is 2.34. The Hall–Kier alpha value is -4.18. The minimum absolute atomic E-state index is 0.0364. The summed E-state index contributed by atoms with van der Waals surface area (Å²) in [5.41, 5.74) is 6.95. The number of aryl methyl sites for hydroxylation is 1. The van der Waals surface area contributed by atoms with E-state index in [9.17, 15) is 4.79 Å². The number of ether oxygens (including phenoxy) is 2. The van der Waals surface area contributed by atoms with E-state index in [0.717, 1.165) is 111 Å². The number of rotatable bonds is 8. The first kappa shape index (κ1) is 30.8. The molecule has 0 bridgehead atoms. The van der Waals surface area contributed by atoms with Gasteiger partial charge in [0.15, 0.2) is 5.75 Å². The van der Waals surface area contributed by atoms with Crippen LogP contribution in [0.15, 0.2) is 37.1 Å². The van der Waals surface area contributed by atoms with Gasteiger partial charge >= 0.3 is 6.01 Å². The Kier molecular flexibility index (Phi) is 7.56. The van der Waals surface area contributed by atoms with Gasteiger partial charge < -0.3 is 24.2 Å². The van der Waals surface area contributed by atoms with Crippen LogP contribution in [0.1, 0.15) is 74.8 Å². The molecule has 256 valence electrons. The van der Waals surface area contributed by atoms with Gasteiger partial charge in [-0.3, -0.25) is 9.89 Å². The van der Waals surface area contributed by atoms with Crippen molar-refractivity contribution >= 4 is 33.5 Å². The number of aromatic amines is 1. The van der Waals surface area contributed by atoms with Gasteiger partial charge in [-0.25, -0.2) is 0 Å². The van der Waals surface area contributed by atoms with Crippen molar-refractivity contribution < 1.29 is 14.3 Å². The summed E-state index contributed by atoms with van der Waals surface area (Å²) in [4.78, 5) is 29.5. The fourth-order valence-electron chi connectivity index (χ4n) is 8.53. The Morgan fingerprint density at radius 1 is 0.959 bits per heavy atom. The Balaban J connectivity index is 1.19. The monoisotopic (exact) mass is 661 g/mol. The van der Waals surface area contributed by atoms with Crippen molar-refractivity contribution in [1.82, 2.24) is 30.0 Å². The standard InChI is InChI=1S/C39H47N7O3/c1-4-32(47)46-22-39(23-46)14-18-45(19-15-39)37-29-20-28(25-9-10-25)34(33-24(2)8-11-31-30(33)21-40-43-31)36(48-26-6-5-7-26)35(29)41-38(42-37)49-27-12-16-44(3)17-13-27/h4,8,11,20-21,25-27H,1,5-7,9-10,12-19,22-23H2,2-3H3,(H,40,43). The molecule has 0 radical (unpaired) electrons. The first-order valence-electron chi connectivity index (χ1n) is 18.4. The highest BCUT2D eigenvalue weighted by molar-refractivity contribution is 6.06. The van der Waals surface area contributed by atoms with E-state index in [-0.39, 0.29) is 23.5 Å². The predicted octanol–water partition coefficient (Wildman–Crippen LogP) is 6.38. The summed E-state index contributed by atoms with van der Waals surface area (Å²) in [6.45, 7) is 11.3. The Morgan fingerprint density at radius 3 is 2.41 bits per heavy atom. The Labute approximate surface area is 287 Å². The van der Waals surface area contributed by atoms with E-state index in [2.05, 4.69) is 58.7 Å². The second-order valence-electron chi connectivity index (χ2n) is 15.4. The number of carbonyl (C=O) groups excluding carboxylic acids is 1. The van der Waals surface area contributed by atoms with E-state index in [1.807, 2.05) is 11.1 Å². The predicted molar refractivity (Wildman–Crippen MR) is 191 cm³/mol. The zero-order valence-corrected chi connectivity index (χ0v) is 28.8. The summed E-state index contributed by atoms with van der Waals surface area (Å²) in [5, 5.41) is 9.83. The average Bonchev–Trinajstić information content (AvgIpc) is 3.82. The molecule has 1 amide bonds. The van der Waals surface area contributed by atoms with Crippen LogP contribution < -0.4 is 14.4 Å². The van der Waals surface area contributed by atoms with E-state index in [0.29, 0.717) is 11.9 Å². The molecule has 2 saturated carbocycles. The Bertz CT molecular complexity index is 1920. The van der Waals surface area contributed by atoms with E-state index in [1.54, 1.807) is 0 Å². The molecular formula is C39H47N7O3. The molecule has 10 heteroatoms. The van der Waals surface area contributed by atoms with Crippen LogP contribution in [-0.2, 0) is 4.79 Å². The van der Waals surface area contributed by atoms with Gasteiger partial charge in [0.1, 0.15) is 17.4 Å². The third-order valence-electron chi connectivity index (χ3n) is 12.0. The fraction of sp³-hybridized carbons (Fsp3) is 0.538. The molecule has 10 nitrogen and oxygen atoms in total. The van der Waals surface area contributed by atoms with Gasteiger partial charge in [0, 0.05) is 61.0 Å². The lowest BCUT2D eigenvalue weighted by molar-refractivity contribution is -0.139. The van der Waals surface area contributed by atoms with E-state index >= 15 is 0 Å². The number of benzene rings is 2. The lowest BCUT2D eigenvalue weighted by Crippen LogP contribution is -2.61. The molecule has 0 unspecified atom stereocenters. The zero-order chi connectivity index (χ0) is 33.3. The highest BCUT2D eigenvalue weighted by Gasteiger charge is 2.46. The topological polar surface area (TPSA) is 99.7 Å². The number of nitrogens with zero attached hydrogens (tertiary/aromatic N) is 6. The van der Waals surface area contributed by atoms with Gasteiger partial charge in [0.25, 0.3) is 0 Å². The second-order valence-corrected chi connectivity index (χ2v) is 15.4. The van der Waals surface area contributed by atoms with Crippen LogP contribution in [0.4, 0.5) is 5.82 Å². The van der Waals surface area contributed by atoms with Crippen LogP contribution in [0.5, 0.6) is 11.8 Å². The molecular weight excluding hydrogens is 614 g/mol. The smallest absolute Gasteiger partial charge is 0.319 e. The molecule has 5 aliphatic rings. The number of fused-ring (bicyclic) bond motifs is 2. The number of carbonyl (C=O) groups is 1. The van der Waals surface area contributed by atoms with Crippen LogP contribution in [0.2, 0.25) is 0 Å². The van der Waals surface area contributed by atoms with E-state index in [4.69, 9.17) is 19.4 Å². The number of amides is 1. The molecule has 9 rings (SSSR count). The van der Waals surface area contributed by atoms with Crippen molar-refractivity contribution in [2.75, 3.05) is 51.2 Å². The summed E-state index contributed by atoms with van der Waals surface area (Å²) in [6.07, 6.45) is 13.2. The van der Waals surface area contributed by atoms with Crippen LogP contribution in [-0.4, -0.2) is 94.4 Å². The number of nitrogens with one attached hydrogen (secondary N) is 1. The van der Waals surface area contributed by atoms with Crippen molar-refractivity contribution in [2.24, 2.45) is 5.41 Å². The van der Waals surface area contributed by atoms with Gasteiger partial charge in [-0.1, -0.05) is 12.6 Å². The molecule has 2 aromatic carbocycles. The van der Waals surface area contributed by atoms with Gasteiger partial charge in [0.05, 0.1) is 17.8 Å². The van der Waals surface area contributed by atoms with Crippen LogP contribution >= 0.6 is 0 Å². The number of hydrogen-bond donors (Lipinski definition) is 1. The third-order valence-corrected chi connectivity index (χ3v) is 12.0. The molecule has 49 heavy (non-hydrogen) atoms. The quantitative estimate of drug-likeness (QED) is 0.217. The normalized spacial score (nSPS) is 21.6. The molecule has 5 fully saturated rings. The molecule has 1 N–H and O–H groups in total. The maximum absolute atomic E-state index is 12.3. The molecule has 3 aliphatic heterocycles. The summed E-state index contributed by atoms with van der Waals surface area (Å²) >= 11 is 0. The maximum Gasteiger partial charge on any atom is 0.319 e. The molecule has 4 aromatic rings. The lowest BCUT2D eigenvalue weighted by Gasteiger charge is -2.54. The van der Waals surface area contributed by atoms with Crippen molar-refractivity contribution in [3.05, 3.63) is 48.2 Å². The number of anilines is 1. The largest absolute Gasteiger partial charge is 0.487 e.